The minimum atomic E-state index is 0.0534. The summed E-state index contributed by atoms with van der Waals surface area (Å²) in [5.74, 6) is 1.71. The Morgan fingerprint density at radius 2 is 1.74 bits per heavy atom. The standard InChI is InChI=1S/C20H29N5OS/c1-12-6-11-17(27-12)19(26)22-15-7-9-16(10-8-15)23-20-21-14(3)13(2)18(24-20)25(4)5/h6,11,15-16H,7-10H2,1-5H3,(H,22,26)(H,21,23,24)/t15-,16+. The van der Waals surface area contributed by atoms with Gasteiger partial charge < -0.3 is 15.5 Å². The van der Waals surface area contributed by atoms with Crippen LogP contribution in [0.2, 0.25) is 0 Å². The summed E-state index contributed by atoms with van der Waals surface area (Å²) in [6, 6.07) is 4.49. The number of carbonyl (C=O) groups excluding carboxylic acids is 1. The van der Waals surface area contributed by atoms with E-state index in [1.165, 1.54) is 4.88 Å². The molecule has 3 rings (SSSR count). The average molecular weight is 388 g/mol. The van der Waals surface area contributed by atoms with Crippen molar-refractivity contribution in [1.82, 2.24) is 15.3 Å². The highest BCUT2D eigenvalue weighted by molar-refractivity contribution is 7.13. The van der Waals surface area contributed by atoms with Crippen molar-refractivity contribution in [2.45, 2.75) is 58.5 Å². The molecule has 0 unspecified atom stereocenters. The lowest BCUT2D eigenvalue weighted by Gasteiger charge is -2.30. The average Bonchev–Trinajstić information content (AvgIpc) is 3.06. The lowest BCUT2D eigenvalue weighted by atomic mass is 9.91. The van der Waals surface area contributed by atoms with Crippen molar-refractivity contribution >= 4 is 29.0 Å². The molecule has 0 saturated heterocycles. The summed E-state index contributed by atoms with van der Waals surface area (Å²) in [5.41, 5.74) is 2.11. The maximum Gasteiger partial charge on any atom is 0.261 e. The summed E-state index contributed by atoms with van der Waals surface area (Å²) in [6.45, 7) is 6.10. The molecule has 6 nitrogen and oxygen atoms in total. The van der Waals surface area contributed by atoms with E-state index in [0.29, 0.717) is 12.0 Å². The topological polar surface area (TPSA) is 70.2 Å². The second-order valence-corrected chi connectivity index (χ2v) is 8.84. The highest BCUT2D eigenvalue weighted by atomic mass is 32.1. The number of anilines is 2. The van der Waals surface area contributed by atoms with Gasteiger partial charge in [0.1, 0.15) is 5.82 Å². The van der Waals surface area contributed by atoms with Gasteiger partial charge in [-0.3, -0.25) is 4.79 Å². The van der Waals surface area contributed by atoms with Crippen molar-refractivity contribution in [3.63, 3.8) is 0 Å². The van der Waals surface area contributed by atoms with E-state index in [-0.39, 0.29) is 11.9 Å². The van der Waals surface area contributed by atoms with Gasteiger partial charge in [-0.2, -0.15) is 4.98 Å². The zero-order valence-corrected chi connectivity index (χ0v) is 17.6. The highest BCUT2D eigenvalue weighted by Gasteiger charge is 2.24. The van der Waals surface area contributed by atoms with Crippen molar-refractivity contribution in [2.24, 2.45) is 0 Å². The highest BCUT2D eigenvalue weighted by Crippen LogP contribution is 2.24. The molecule has 0 aromatic carbocycles. The first kappa shape index (κ1) is 19.6. The molecule has 2 N–H and O–H groups in total. The van der Waals surface area contributed by atoms with Crippen molar-refractivity contribution in [3.8, 4) is 0 Å². The third kappa shape index (κ3) is 4.77. The van der Waals surface area contributed by atoms with Crippen LogP contribution >= 0.6 is 11.3 Å². The van der Waals surface area contributed by atoms with E-state index in [0.717, 1.165) is 47.6 Å². The molecule has 2 aromatic rings. The van der Waals surface area contributed by atoms with E-state index in [9.17, 15) is 4.79 Å². The number of aromatic nitrogens is 2. The van der Waals surface area contributed by atoms with Gasteiger partial charge in [-0.1, -0.05) is 0 Å². The minimum absolute atomic E-state index is 0.0534. The number of hydrogen-bond acceptors (Lipinski definition) is 6. The van der Waals surface area contributed by atoms with Crippen molar-refractivity contribution < 1.29 is 4.79 Å². The van der Waals surface area contributed by atoms with Crippen LogP contribution in [0.4, 0.5) is 11.8 Å². The van der Waals surface area contributed by atoms with Gasteiger partial charge in [0.05, 0.1) is 4.88 Å². The molecule has 1 saturated carbocycles. The number of hydrogen-bond donors (Lipinski definition) is 2. The van der Waals surface area contributed by atoms with Crippen molar-refractivity contribution in [3.05, 3.63) is 33.1 Å². The van der Waals surface area contributed by atoms with E-state index < -0.39 is 0 Å². The maximum atomic E-state index is 12.3. The fourth-order valence-corrected chi connectivity index (χ4v) is 4.26. The molecule has 0 aliphatic heterocycles. The van der Waals surface area contributed by atoms with E-state index >= 15 is 0 Å². The summed E-state index contributed by atoms with van der Waals surface area (Å²) >= 11 is 1.55. The normalized spacial score (nSPS) is 19.6. The van der Waals surface area contributed by atoms with Crippen molar-refractivity contribution in [1.29, 1.82) is 0 Å². The fourth-order valence-electron chi connectivity index (χ4n) is 3.49. The lowest BCUT2D eigenvalue weighted by Crippen LogP contribution is -2.40. The summed E-state index contributed by atoms with van der Waals surface area (Å²) in [6.07, 6.45) is 3.95. The molecular formula is C20H29N5OS. The second kappa shape index (κ2) is 8.25. The molecule has 2 heterocycles. The molecule has 1 aliphatic rings. The number of nitrogens with one attached hydrogen (secondary N) is 2. The number of rotatable bonds is 5. The lowest BCUT2D eigenvalue weighted by molar-refractivity contribution is 0.0930. The van der Waals surface area contributed by atoms with Gasteiger partial charge >= 0.3 is 0 Å². The molecule has 0 radical (unpaired) electrons. The van der Waals surface area contributed by atoms with Gasteiger partial charge in [-0.15, -0.1) is 11.3 Å². The van der Waals surface area contributed by atoms with E-state index in [4.69, 9.17) is 0 Å². The third-order valence-electron chi connectivity index (χ3n) is 5.15. The van der Waals surface area contributed by atoms with E-state index in [2.05, 4.69) is 27.5 Å². The Kier molecular flexibility index (Phi) is 5.99. The van der Waals surface area contributed by atoms with E-state index in [1.807, 2.05) is 45.0 Å². The predicted octanol–water partition coefficient (Wildman–Crippen LogP) is 3.68. The molecule has 0 spiro atoms. The van der Waals surface area contributed by atoms with Gasteiger partial charge in [0.25, 0.3) is 5.91 Å². The molecule has 1 amide bonds. The zero-order valence-electron chi connectivity index (χ0n) is 16.8. The number of carbonyl (C=O) groups is 1. The van der Waals surface area contributed by atoms with E-state index in [1.54, 1.807) is 11.3 Å². The van der Waals surface area contributed by atoms with Crippen LogP contribution in [0.3, 0.4) is 0 Å². The largest absolute Gasteiger partial charge is 0.362 e. The van der Waals surface area contributed by atoms with Crippen LogP contribution in [0.5, 0.6) is 0 Å². The Bertz CT molecular complexity index is 809. The third-order valence-corrected chi connectivity index (χ3v) is 6.15. The Morgan fingerprint density at radius 1 is 1.07 bits per heavy atom. The van der Waals surface area contributed by atoms with Crippen LogP contribution in [0.1, 0.15) is 51.5 Å². The second-order valence-electron chi connectivity index (χ2n) is 7.55. The molecule has 0 atom stereocenters. The number of thiophene rings is 1. The van der Waals surface area contributed by atoms with Crippen LogP contribution in [-0.2, 0) is 0 Å². The molecule has 0 bridgehead atoms. The first-order chi connectivity index (χ1) is 12.8. The number of nitrogens with zero attached hydrogens (tertiary/aromatic N) is 3. The summed E-state index contributed by atoms with van der Waals surface area (Å²) in [5, 5.41) is 6.67. The van der Waals surface area contributed by atoms with Crippen LogP contribution in [0.25, 0.3) is 0 Å². The molecular weight excluding hydrogens is 358 g/mol. The first-order valence-corrected chi connectivity index (χ1v) is 10.3. The van der Waals surface area contributed by atoms with Gasteiger partial charge in [0.15, 0.2) is 0 Å². The molecule has 1 fully saturated rings. The molecule has 27 heavy (non-hydrogen) atoms. The molecule has 2 aromatic heterocycles. The predicted molar refractivity (Wildman–Crippen MR) is 112 cm³/mol. The Labute approximate surface area is 165 Å². The monoisotopic (exact) mass is 387 g/mol. The minimum Gasteiger partial charge on any atom is -0.362 e. The SMILES string of the molecule is Cc1ccc(C(=O)N[C@H]2CC[C@@H](Nc3nc(C)c(C)c(N(C)C)n3)CC2)s1. The summed E-state index contributed by atoms with van der Waals surface area (Å²) in [7, 11) is 4.00. The van der Waals surface area contributed by atoms with Gasteiger partial charge in [0.2, 0.25) is 5.95 Å². The summed E-state index contributed by atoms with van der Waals surface area (Å²) < 4.78 is 0. The van der Waals surface area contributed by atoms with Crippen molar-refractivity contribution in [2.75, 3.05) is 24.3 Å². The van der Waals surface area contributed by atoms with Crippen LogP contribution in [0.15, 0.2) is 12.1 Å². The van der Waals surface area contributed by atoms with Crippen LogP contribution in [0, 0.1) is 20.8 Å². The summed E-state index contributed by atoms with van der Waals surface area (Å²) in [4.78, 5) is 25.6. The van der Waals surface area contributed by atoms with Gasteiger partial charge in [0, 0.05) is 42.3 Å². The van der Waals surface area contributed by atoms with Gasteiger partial charge in [-0.25, -0.2) is 4.98 Å². The Hall–Kier alpha value is -2.15. The van der Waals surface area contributed by atoms with Crippen LogP contribution in [-0.4, -0.2) is 42.1 Å². The maximum absolute atomic E-state index is 12.3. The molecule has 146 valence electrons. The fraction of sp³-hybridized carbons (Fsp3) is 0.550. The quantitative estimate of drug-likeness (QED) is 0.819. The number of amides is 1. The zero-order chi connectivity index (χ0) is 19.6. The van der Waals surface area contributed by atoms with Gasteiger partial charge in [-0.05, 0) is 58.6 Å². The first-order valence-electron chi connectivity index (χ1n) is 9.50. The Balaban J connectivity index is 1.54. The molecule has 1 aliphatic carbocycles. The smallest absolute Gasteiger partial charge is 0.261 e. The van der Waals surface area contributed by atoms with Crippen LogP contribution < -0.4 is 15.5 Å². The number of aryl methyl sites for hydroxylation is 2. The Morgan fingerprint density at radius 3 is 2.33 bits per heavy atom. The molecule has 7 heteroatoms.